The van der Waals surface area contributed by atoms with Crippen LogP contribution in [0.2, 0.25) is 0 Å². The van der Waals surface area contributed by atoms with Gasteiger partial charge < -0.3 is 14.4 Å². The number of nitrogens with zero attached hydrogens (tertiary/aromatic N) is 1. The molecule has 5 heteroatoms. The molecule has 0 radical (unpaired) electrons. The highest BCUT2D eigenvalue weighted by Crippen LogP contribution is 2.29. The lowest BCUT2D eigenvalue weighted by Gasteiger charge is -2.25. The summed E-state index contributed by atoms with van der Waals surface area (Å²) in [5.41, 5.74) is -0.00282. The third-order valence-electron chi connectivity index (χ3n) is 3.07. The second kappa shape index (κ2) is 3.60. The van der Waals surface area contributed by atoms with Crippen molar-refractivity contribution in [3.8, 4) is 5.75 Å². The van der Waals surface area contributed by atoms with Crippen LogP contribution in [0.15, 0.2) is 29.1 Å². The van der Waals surface area contributed by atoms with Crippen LogP contribution in [0, 0.1) is 0 Å². The highest BCUT2D eigenvalue weighted by molar-refractivity contribution is 5.94. The van der Waals surface area contributed by atoms with E-state index in [-0.39, 0.29) is 11.7 Å². The first-order valence-electron chi connectivity index (χ1n) is 5.64. The van der Waals surface area contributed by atoms with Crippen LogP contribution in [0.1, 0.15) is 17.3 Å². The lowest BCUT2D eigenvalue weighted by molar-refractivity contribution is 0.0693. The highest BCUT2D eigenvalue weighted by Gasteiger charge is 2.22. The van der Waals surface area contributed by atoms with Gasteiger partial charge in [0.25, 0.3) is 5.56 Å². The maximum absolute atomic E-state index is 12.1. The van der Waals surface area contributed by atoms with Crippen LogP contribution in [-0.4, -0.2) is 21.7 Å². The van der Waals surface area contributed by atoms with Gasteiger partial charge in [0.15, 0.2) is 0 Å². The van der Waals surface area contributed by atoms with Gasteiger partial charge in [-0.3, -0.25) is 4.79 Å². The fraction of sp³-hybridized carbons (Fsp3) is 0.231. The predicted octanol–water partition coefficient (Wildman–Crippen LogP) is 1.48. The molecule has 92 valence electrons. The average molecular weight is 245 g/mol. The van der Waals surface area contributed by atoms with Gasteiger partial charge in [0.05, 0.1) is 12.1 Å². The number of aromatic nitrogens is 1. The molecule has 0 spiro atoms. The number of ether oxygens (including phenoxy) is 1. The molecule has 1 aliphatic heterocycles. The minimum absolute atomic E-state index is 0.148. The van der Waals surface area contributed by atoms with Gasteiger partial charge in [-0.1, -0.05) is 12.1 Å². The zero-order valence-corrected chi connectivity index (χ0v) is 9.71. The van der Waals surface area contributed by atoms with E-state index in [0.29, 0.717) is 23.2 Å². The largest absolute Gasteiger partial charge is 0.487 e. The molecule has 0 saturated heterocycles. The van der Waals surface area contributed by atoms with Crippen LogP contribution < -0.4 is 10.3 Å². The Labute approximate surface area is 102 Å². The summed E-state index contributed by atoms with van der Waals surface area (Å²) in [5, 5.41) is 9.76. The molecular weight excluding hydrogens is 234 g/mol. The van der Waals surface area contributed by atoms with E-state index in [2.05, 4.69) is 0 Å². The number of carbonyl (C=O) groups is 1. The van der Waals surface area contributed by atoms with Crippen LogP contribution in [0.25, 0.3) is 10.9 Å². The summed E-state index contributed by atoms with van der Waals surface area (Å²) in [5.74, 6) is -0.574. The van der Waals surface area contributed by atoms with Crippen molar-refractivity contribution >= 4 is 16.9 Å². The molecule has 1 aromatic heterocycles. The zero-order valence-electron chi connectivity index (χ0n) is 9.71. The number of aromatic carboxylic acids is 1. The first kappa shape index (κ1) is 10.8. The molecule has 5 nitrogen and oxygen atoms in total. The van der Waals surface area contributed by atoms with E-state index in [1.54, 1.807) is 18.2 Å². The summed E-state index contributed by atoms with van der Waals surface area (Å²) in [6.45, 7) is 2.22. The number of hydrogen-bond donors (Lipinski definition) is 1. The molecule has 1 aliphatic rings. The number of carboxylic acid groups (broad SMARTS) is 1. The van der Waals surface area contributed by atoms with Crippen LogP contribution in [0.3, 0.4) is 0 Å². The summed E-state index contributed by atoms with van der Waals surface area (Å²) < 4.78 is 7.14. The van der Waals surface area contributed by atoms with Crippen molar-refractivity contribution in [3.05, 3.63) is 40.2 Å². The van der Waals surface area contributed by atoms with E-state index in [0.717, 1.165) is 0 Å². The van der Waals surface area contributed by atoms with E-state index in [1.165, 1.54) is 10.6 Å². The van der Waals surface area contributed by atoms with Crippen LogP contribution >= 0.6 is 0 Å². The Balaban J connectivity index is 2.47. The number of benzene rings is 1. The smallest absolute Gasteiger partial charge is 0.341 e. The van der Waals surface area contributed by atoms with Gasteiger partial charge in [0.1, 0.15) is 17.4 Å². The van der Waals surface area contributed by atoms with Gasteiger partial charge in [-0.15, -0.1) is 0 Å². The summed E-state index contributed by atoms with van der Waals surface area (Å²) in [7, 11) is 0. The Morgan fingerprint density at radius 3 is 3.00 bits per heavy atom. The van der Waals surface area contributed by atoms with Crippen molar-refractivity contribution in [2.45, 2.75) is 19.6 Å². The maximum Gasteiger partial charge on any atom is 0.341 e. The molecule has 1 N–H and O–H groups in total. The molecule has 2 aromatic rings. The van der Waals surface area contributed by atoms with E-state index in [1.807, 2.05) is 6.92 Å². The SMILES string of the molecule is CC1Cn2c(=O)c(C(=O)O)cc3cccc(c32)O1. The van der Waals surface area contributed by atoms with Crippen molar-refractivity contribution < 1.29 is 14.6 Å². The third kappa shape index (κ3) is 1.40. The van der Waals surface area contributed by atoms with Gasteiger partial charge in [-0.25, -0.2) is 4.79 Å². The van der Waals surface area contributed by atoms with Crippen LogP contribution in [-0.2, 0) is 6.54 Å². The Bertz CT molecular complexity index is 717. The van der Waals surface area contributed by atoms with Crippen LogP contribution in [0.5, 0.6) is 5.75 Å². The van der Waals surface area contributed by atoms with Crippen molar-refractivity contribution in [2.24, 2.45) is 0 Å². The van der Waals surface area contributed by atoms with E-state index < -0.39 is 11.5 Å². The monoisotopic (exact) mass is 245 g/mol. The minimum Gasteiger partial charge on any atom is -0.487 e. The van der Waals surface area contributed by atoms with Gasteiger partial charge in [0.2, 0.25) is 0 Å². The normalized spacial score (nSPS) is 17.5. The molecule has 0 fully saturated rings. The van der Waals surface area contributed by atoms with E-state index in [9.17, 15) is 9.59 Å². The maximum atomic E-state index is 12.1. The quantitative estimate of drug-likeness (QED) is 0.826. The molecular formula is C13H11NO4. The fourth-order valence-electron chi connectivity index (χ4n) is 2.34. The summed E-state index contributed by atoms with van der Waals surface area (Å²) >= 11 is 0. The first-order chi connectivity index (χ1) is 8.58. The molecule has 18 heavy (non-hydrogen) atoms. The number of rotatable bonds is 1. The minimum atomic E-state index is -1.20. The average Bonchev–Trinajstić information content (AvgIpc) is 2.32. The summed E-state index contributed by atoms with van der Waals surface area (Å²) in [6, 6.07) is 6.75. The Morgan fingerprint density at radius 2 is 2.28 bits per heavy atom. The van der Waals surface area contributed by atoms with Crippen molar-refractivity contribution in [3.63, 3.8) is 0 Å². The highest BCUT2D eigenvalue weighted by atomic mass is 16.5. The zero-order chi connectivity index (χ0) is 12.9. The molecule has 1 aromatic carbocycles. The Morgan fingerprint density at radius 1 is 1.50 bits per heavy atom. The molecule has 2 heterocycles. The molecule has 0 amide bonds. The standard InChI is InChI=1S/C13H11NO4/c1-7-6-14-11-8(3-2-4-10(11)18-7)5-9(12(14)15)13(16)17/h2-5,7H,6H2,1H3,(H,16,17). The van der Waals surface area contributed by atoms with E-state index >= 15 is 0 Å². The van der Waals surface area contributed by atoms with Gasteiger partial charge >= 0.3 is 5.97 Å². The number of para-hydroxylation sites is 1. The molecule has 1 atom stereocenters. The van der Waals surface area contributed by atoms with Gasteiger partial charge in [-0.2, -0.15) is 0 Å². The second-order valence-electron chi connectivity index (χ2n) is 4.40. The summed E-state index contributed by atoms with van der Waals surface area (Å²) in [4.78, 5) is 23.2. The second-order valence-corrected chi connectivity index (χ2v) is 4.40. The predicted molar refractivity (Wildman–Crippen MR) is 65.3 cm³/mol. The third-order valence-corrected chi connectivity index (χ3v) is 3.07. The molecule has 0 saturated carbocycles. The summed E-state index contributed by atoms with van der Waals surface area (Å²) in [6.07, 6.45) is -0.148. The lowest BCUT2D eigenvalue weighted by atomic mass is 10.1. The van der Waals surface area contributed by atoms with E-state index in [4.69, 9.17) is 9.84 Å². The first-order valence-corrected chi connectivity index (χ1v) is 5.64. The van der Waals surface area contributed by atoms with Crippen molar-refractivity contribution in [2.75, 3.05) is 0 Å². The number of carboxylic acids is 1. The molecule has 1 unspecified atom stereocenters. The van der Waals surface area contributed by atoms with Crippen molar-refractivity contribution in [1.29, 1.82) is 0 Å². The van der Waals surface area contributed by atoms with Gasteiger partial charge in [-0.05, 0) is 19.1 Å². The van der Waals surface area contributed by atoms with Crippen LogP contribution in [0.4, 0.5) is 0 Å². The number of hydrogen-bond acceptors (Lipinski definition) is 3. The van der Waals surface area contributed by atoms with Crippen molar-refractivity contribution in [1.82, 2.24) is 4.57 Å². The Hall–Kier alpha value is -2.30. The Kier molecular flexibility index (Phi) is 2.16. The topological polar surface area (TPSA) is 68.5 Å². The molecule has 0 bridgehead atoms. The van der Waals surface area contributed by atoms with Gasteiger partial charge in [0, 0.05) is 5.39 Å². The molecule has 0 aliphatic carbocycles. The lowest BCUT2D eigenvalue weighted by Crippen LogP contribution is -2.35. The fourth-order valence-corrected chi connectivity index (χ4v) is 2.34. The number of pyridine rings is 1. The molecule has 3 rings (SSSR count).